The molecule has 7 rings (SSSR count). The van der Waals surface area contributed by atoms with Crippen LogP contribution < -0.4 is 26.4 Å². The molecule has 4 heterocycles. The van der Waals surface area contributed by atoms with Crippen LogP contribution in [-0.2, 0) is 11.8 Å². The van der Waals surface area contributed by atoms with Crippen molar-refractivity contribution in [3.05, 3.63) is 94.6 Å². The first-order valence-electron chi connectivity index (χ1n) is 17.2. The molecule has 2 aliphatic heterocycles. The van der Waals surface area contributed by atoms with E-state index in [2.05, 4.69) is 20.9 Å². The Kier molecular flexibility index (Phi) is 9.77. The van der Waals surface area contributed by atoms with Gasteiger partial charge in [0.2, 0.25) is 5.91 Å². The van der Waals surface area contributed by atoms with Crippen molar-refractivity contribution in [2.75, 3.05) is 34.8 Å². The van der Waals surface area contributed by atoms with Crippen LogP contribution in [0.15, 0.2) is 77.9 Å². The van der Waals surface area contributed by atoms with Gasteiger partial charge in [-0.05, 0) is 104 Å². The van der Waals surface area contributed by atoms with Crippen LogP contribution >= 0.6 is 11.3 Å². The Morgan fingerprint density at radius 1 is 0.942 bits per heavy atom. The Labute approximate surface area is 304 Å². The number of aryl methyl sites for hydroxylation is 2. The van der Waals surface area contributed by atoms with Gasteiger partial charge >= 0.3 is 0 Å². The summed E-state index contributed by atoms with van der Waals surface area (Å²) in [6.07, 6.45) is 7.26. The van der Waals surface area contributed by atoms with Gasteiger partial charge in [0.25, 0.3) is 17.7 Å². The molecule has 0 saturated carbocycles. The number of piperidine rings is 1. The number of carbonyl (C=O) groups excluding carboxylic acids is 4. The van der Waals surface area contributed by atoms with Gasteiger partial charge in [0, 0.05) is 60.3 Å². The van der Waals surface area contributed by atoms with Crippen LogP contribution in [0.25, 0.3) is 10.1 Å². The number of aliphatic imine (C=N–C) groups is 1. The maximum Gasteiger partial charge on any atom is 0.272 e. The van der Waals surface area contributed by atoms with Crippen LogP contribution in [0.3, 0.4) is 0 Å². The molecule has 5 N–H and O–H groups in total. The van der Waals surface area contributed by atoms with E-state index < -0.39 is 0 Å². The molecule has 5 aromatic rings. The highest BCUT2D eigenvalue weighted by molar-refractivity contribution is 7.20. The van der Waals surface area contributed by atoms with Crippen molar-refractivity contribution >= 4 is 79.7 Å². The minimum absolute atomic E-state index is 0.0118. The number of carbonyl (C=O) groups is 4. The van der Waals surface area contributed by atoms with Crippen molar-refractivity contribution in [3.8, 4) is 5.75 Å². The van der Waals surface area contributed by atoms with Gasteiger partial charge in [0.05, 0.1) is 34.5 Å². The van der Waals surface area contributed by atoms with E-state index in [-0.39, 0.29) is 36.1 Å². The Hall–Kier alpha value is -5.95. The van der Waals surface area contributed by atoms with Crippen molar-refractivity contribution in [1.82, 2.24) is 9.47 Å². The van der Waals surface area contributed by atoms with Gasteiger partial charge in [-0.1, -0.05) is 0 Å². The topological polar surface area (TPSA) is 160 Å². The van der Waals surface area contributed by atoms with Gasteiger partial charge in [-0.15, -0.1) is 11.3 Å². The first-order valence-corrected chi connectivity index (χ1v) is 18.0. The number of benzene rings is 3. The highest BCUT2D eigenvalue weighted by Crippen LogP contribution is 2.34. The maximum atomic E-state index is 13.2. The van der Waals surface area contributed by atoms with Crippen molar-refractivity contribution in [2.24, 2.45) is 12.0 Å². The minimum Gasteiger partial charge on any atom is -0.493 e. The molecule has 1 atom stereocenters. The molecule has 12 nitrogen and oxygen atoms in total. The zero-order chi connectivity index (χ0) is 36.4. The lowest BCUT2D eigenvalue weighted by atomic mass is 10.0. The second-order valence-corrected chi connectivity index (χ2v) is 14.2. The van der Waals surface area contributed by atoms with E-state index in [1.165, 1.54) is 11.3 Å². The molecule has 4 amide bonds. The molecule has 0 bridgehead atoms. The smallest absolute Gasteiger partial charge is 0.272 e. The third kappa shape index (κ3) is 7.54. The van der Waals surface area contributed by atoms with E-state index in [1.54, 1.807) is 60.3 Å². The fraction of sp³-hybridized carbons (Fsp3) is 0.256. The van der Waals surface area contributed by atoms with Gasteiger partial charge in [0.15, 0.2) is 0 Å². The quantitative estimate of drug-likeness (QED) is 0.0887. The lowest BCUT2D eigenvalue weighted by Gasteiger charge is -2.32. The lowest BCUT2D eigenvalue weighted by molar-refractivity contribution is -0.116. The number of aromatic nitrogens is 1. The number of amides is 4. The summed E-state index contributed by atoms with van der Waals surface area (Å²) in [4.78, 5) is 59.1. The van der Waals surface area contributed by atoms with Crippen LogP contribution in [0.2, 0.25) is 0 Å². The molecule has 266 valence electrons. The summed E-state index contributed by atoms with van der Waals surface area (Å²) in [5.74, 6) is -0.123. The minimum atomic E-state index is -0.342. The van der Waals surface area contributed by atoms with Gasteiger partial charge < -0.3 is 35.9 Å². The lowest BCUT2D eigenvalue weighted by Crippen LogP contribution is -2.43. The molecular weight excluding hydrogens is 679 g/mol. The molecule has 13 heteroatoms. The van der Waals surface area contributed by atoms with E-state index in [9.17, 15) is 19.2 Å². The molecule has 2 aliphatic rings. The fourth-order valence-corrected chi connectivity index (χ4v) is 7.42. The first-order chi connectivity index (χ1) is 25.1. The fourth-order valence-electron chi connectivity index (χ4n) is 6.48. The number of anilines is 4. The number of rotatable bonds is 10. The molecule has 2 aromatic heterocycles. The second kappa shape index (κ2) is 14.7. The molecule has 0 spiro atoms. The number of nitrogens with one attached hydrogen (secondary N) is 3. The number of fused-ring (bicyclic) bond motifs is 3. The van der Waals surface area contributed by atoms with Crippen molar-refractivity contribution < 1.29 is 23.9 Å². The monoisotopic (exact) mass is 717 g/mol. The Morgan fingerprint density at radius 2 is 1.73 bits per heavy atom. The molecule has 0 aliphatic carbocycles. The molecular formula is C39H39N7O5S. The number of ether oxygens (including phenoxy) is 1. The van der Waals surface area contributed by atoms with Gasteiger partial charge in [-0.2, -0.15) is 0 Å². The van der Waals surface area contributed by atoms with Crippen LogP contribution in [0, 0.1) is 6.92 Å². The number of nitrogens with two attached hydrogens (primary N) is 1. The second-order valence-electron chi connectivity index (χ2n) is 13.1. The molecule has 52 heavy (non-hydrogen) atoms. The predicted octanol–water partition coefficient (Wildman–Crippen LogP) is 7.14. The van der Waals surface area contributed by atoms with E-state index in [0.29, 0.717) is 63.3 Å². The molecule has 1 fully saturated rings. The zero-order valence-electron chi connectivity index (χ0n) is 28.9. The maximum absolute atomic E-state index is 13.2. The van der Waals surface area contributed by atoms with Crippen LogP contribution in [0.5, 0.6) is 5.75 Å². The van der Waals surface area contributed by atoms with E-state index in [1.807, 2.05) is 42.3 Å². The third-order valence-electron chi connectivity index (χ3n) is 9.21. The molecule has 0 unspecified atom stereocenters. The van der Waals surface area contributed by atoms with Gasteiger partial charge in [0.1, 0.15) is 11.4 Å². The first kappa shape index (κ1) is 34.5. The summed E-state index contributed by atoms with van der Waals surface area (Å²) < 4.78 is 8.57. The average Bonchev–Trinajstić information content (AvgIpc) is 3.69. The summed E-state index contributed by atoms with van der Waals surface area (Å²) in [5.41, 5.74) is 10.5. The van der Waals surface area contributed by atoms with E-state index in [0.717, 1.165) is 41.5 Å². The summed E-state index contributed by atoms with van der Waals surface area (Å²) >= 11 is 1.36. The van der Waals surface area contributed by atoms with Crippen LogP contribution in [-0.4, -0.2) is 58.5 Å². The number of hydrogen-bond donors (Lipinski definition) is 4. The SMILES string of the molecule is Cc1cc2c(cc1OCCCC(=O)Nc1cc(C(=O)Nc3ccc4sc(C(=O)Nc5ccc(N)cc5)cc4c3)n(C)c1)N=C[C@@H]1CCCCN1C2=O. The number of thiophene rings is 1. The van der Waals surface area contributed by atoms with Crippen molar-refractivity contribution in [3.63, 3.8) is 0 Å². The highest BCUT2D eigenvalue weighted by atomic mass is 32.1. The summed E-state index contributed by atoms with van der Waals surface area (Å²) in [5, 5.41) is 9.48. The average molecular weight is 718 g/mol. The van der Waals surface area contributed by atoms with Crippen LogP contribution in [0.4, 0.5) is 28.4 Å². The molecule has 1 saturated heterocycles. The van der Waals surface area contributed by atoms with E-state index in [4.69, 9.17) is 10.5 Å². The summed E-state index contributed by atoms with van der Waals surface area (Å²) in [6, 6.07) is 19.5. The van der Waals surface area contributed by atoms with Gasteiger partial charge in [-0.3, -0.25) is 24.2 Å². The predicted molar refractivity (Wildman–Crippen MR) is 205 cm³/mol. The van der Waals surface area contributed by atoms with Gasteiger partial charge in [-0.25, -0.2) is 0 Å². The van der Waals surface area contributed by atoms with Crippen LogP contribution in [0.1, 0.15) is 68.2 Å². The largest absolute Gasteiger partial charge is 0.493 e. The zero-order valence-corrected chi connectivity index (χ0v) is 29.7. The van der Waals surface area contributed by atoms with Crippen molar-refractivity contribution in [1.29, 1.82) is 0 Å². The summed E-state index contributed by atoms with van der Waals surface area (Å²) in [6.45, 7) is 2.96. The Bertz CT molecular complexity index is 2220. The Balaban J connectivity index is 0.906. The summed E-state index contributed by atoms with van der Waals surface area (Å²) in [7, 11) is 1.73. The number of nitrogens with zero attached hydrogens (tertiary/aromatic N) is 3. The van der Waals surface area contributed by atoms with Crippen molar-refractivity contribution in [2.45, 2.75) is 45.1 Å². The third-order valence-corrected chi connectivity index (χ3v) is 10.3. The number of hydrogen-bond acceptors (Lipinski definition) is 8. The normalized spacial score (nSPS) is 15.1. The number of nitrogen functional groups attached to an aromatic ring is 1. The van der Waals surface area contributed by atoms with E-state index >= 15 is 0 Å². The highest BCUT2D eigenvalue weighted by Gasteiger charge is 2.30. The molecule has 3 aromatic carbocycles. The molecule has 0 radical (unpaired) electrons. The standard InChI is InChI=1S/C39H39N7O5S/c1-23-16-30-31(41-21-29-6-3-4-14-46(29)39(30)50)20-33(23)51-15-5-7-36(47)42-28-19-32(45(2)22-28)37(48)44-27-12-13-34-24(17-27)18-35(52-34)38(49)43-26-10-8-25(40)9-11-26/h8-13,16-22,29H,3-7,14-15,40H2,1-2H3,(H,42,47)(H,43,49)(H,44,48)/t29-/m0/s1. The Morgan fingerprint density at radius 3 is 2.56 bits per heavy atom.